The zero-order chi connectivity index (χ0) is 13.8. The average Bonchev–Trinajstić information content (AvgIpc) is 2.97. The van der Waals surface area contributed by atoms with Gasteiger partial charge in [0.15, 0.2) is 5.75 Å². The first kappa shape index (κ1) is 13.7. The van der Waals surface area contributed by atoms with Crippen LogP contribution in [0, 0.1) is 0 Å². The third kappa shape index (κ3) is 2.99. The van der Waals surface area contributed by atoms with Crippen LogP contribution in [0.25, 0.3) is 0 Å². The fourth-order valence-corrected chi connectivity index (χ4v) is 3.36. The highest BCUT2D eigenvalue weighted by Gasteiger charge is 2.19. The van der Waals surface area contributed by atoms with Gasteiger partial charge in [0.1, 0.15) is 15.6 Å². The normalized spacial score (nSPS) is 10.4. The Morgan fingerprint density at radius 2 is 2.32 bits per heavy atom. The maximum atomic E-state index is 11.2. The number of primary amides is 1. The third-order valence-electron chi connectivity index (χ3n) is 2.56. The molecule has 0 aliphatic carbocycles. The lowest BCUT2D eigenvalue weighted by Gasteiger charge is -2.06. The number of ether oxygens (including phenoxy) is 1. The van der Waals surface area contributed by atoms with Gasteiger partial charge >= 0.3 is 0 Å². The summed E-state index contributed by atoms with van der Waals surface area (Å²) in [5.74, 6) is -0.0444. The second kappa shape index (κ2) is 5.94. The third-order valence-corrected chi connectivity index (χ3v) is 4.66. The van der Waals surface area contributed by atoms with Gasteiger partial charge in [-0.15, -0.1) is 22.7 Å². The van der Waals surface area contributed by atoms with E-state index < -0.39 is 5.91 Å². The first-order valence-corrected chi connectivity index (χ1v) is 7.35. The lowest BCUT2D eigenvalue weighted by Crippen LogP contribution is -2.10. The van der Waals surface area contributed by atoms with Crippen molar-refractivity contribution in [2.75, 3.05) is 24.7 Å². The lowest BCUT2D eigenvalue weighted by atomic mass is 10.3. The molecule has 5 N–H and O–H groups in total. The molecule has 0 saturated heterocycles. The Labute approximate surface area is 119 Å². The first-order valence-electron chi connectivity index (χ1n) is 5.65. The molecule has 0 bridgehead atoms. The maximum absolute atomic E-state index is 11.2. The van der Waals surface area contributed by atoms with Crippen molar-refractivity contribution in [3.8, 4) is 5.75 Å². The molecule has 19 heavy (non-hydrogen) atoms. The van der Waals surface area contributed by atoms with E-state index in [0.29, 0.717) is 16.3 Å². The summed E-state index contributed by atoms with van der Waals surface area (Å²) in [5, 5.41) is 6.02. The number of carbonyl (C=O) groups excluding carboxylic acids is 1. The van der Waals surface area contributed by atoms with Gasteiger partial charge in [-0.3, -0.25) is 4.79 Å². The van der Waals surface area contributed by atoms with E-state index in [4.69, 9.17) is 16.2 Å². The zero-order valence-corrected chi connectivity index (χ0v) is 12.1. The molecule has 2 aromatic rings. The fraction of sp³-hybridized carbons (Fsp3) is 0.250. The molecule has 5 nitrogen and oxygen atoms in total. The van der Waals surface area contributed by atoms with Crippen LogP contribution in [0.15, 0.2) is 17.5 Å². The molecular formula is C12H15N3O2S2. The summed E-state index contributed by atoms with van der Waals surface area (Å²) in [4.78, 5) is 12.9. The van der Waals surface area contributed by atoms with Crippen molar-refractivity contribution in [2.45, 2.75) is 6.42 Å². The molecular weight excluding hydrogens is 282 g/mol. The summed E-state index contributed by atoms with van der Waals surface area (Å²) in [6.07, 6.45) is 0.907. The van der Waals surface area contributed by atoms with Gasteiger partial charge < -0.3 is 21.5 Å². The summed E-state index contributed by atoms with van der Waals surface area (Å²) < 4.78 is 5.21. The number of hydrogen-bond donors (Lipinski definition) is 3. The van der Waals surface area contributed by atoms with Crippen molar-refractivity contribution >= 4 is 39.3 Å². The van der Waals surface area contributed by atoms with E-state index in [0.717, 1.165) is 18.0 Å². The number of hydrogen-bond acceptors (Lipinski definition) is 6. The van der Waals surface area contributed by atoms with E-state index in [2.05, 4.69) is 11.4 Å². The van der Waals surface area contributed by atoms with Gasteiger partial charge in [-0.2, -0.15) is 0 Å². The number of anilines is 2. The number of nitrogens with one attached hydrogen (secondary N) is 1. The molecule has 0 spiro atoms. The number of amides is 1. The second-order valence-electron chi connectivity index (χ2n) is 3.83. The van der Waals surface area contributed by atoms with Gasteiger partial charge in [0.05, 0.1) is 7.11 Å². The Balaban J connectivity index is 2.07. The van der Waals surface area contributed by atoms with Crippen LogP contribution in [0.4, 0.5) is 10.7 Å². The van der Waals surface area contributed by atoms with Crippen LogP contribution in [0.1, 0.15) is 14.5 Å². The van der Waals surface area contributed by atoms with Crippen molar-refractivity contribution in [1.29, 1.82) is 0 Å². The summed E-state index contributed by atoms with van der Waals surface area (Å²) >= 11 is 2.94. The fourth-order valence-electron chi connectivity index (χ4n) is 1.68. The molecule has 2 heterocycles. The average molecular weight is 297 g/mol. The van der Waals surface area contributed by atoms with Gasteiger partial charge in [-0.25, -0.2) is 0 Å². The van der Waals surface area contributed by atoms with Gasteiger partial charge in [-0.05, 0) is 17.9 Å². The van der Waals surface area contributed by atoms with E-state index in [1.807, 2.05) is 11.4 Å². The van der Waals surface area contributed by atoms with Crippen molar-refractivity contribution in [2.24, 2.45) is 5.73 Å². The SMILES string of the molecule is COc1c(NCCc2cccs2)sc(C(N)=O)c1N. The number of thiophene rings is 2. The zero-order valence-electron chi connectivity index (χ0n) is 10.4. The van der Waals surface area contributed by atoms with Gasteiger partial charge in [-0.1, -0.05) is 6.07 Å². The van der Waals surface area contributed by atoms with Crippen LogP contribution >= 0.6 is 22.7 Å². The highest BCUT2D eigenvalue weighted by Crippen LogP contribution is 2.42. The number of carbonyl (C=O) groups is 1. The first-order chi connectivity index (χ1) is 9.13. The monoisotopic (exact) mass is 297 g/mol. The second-order valence-corrected chi connectivity index (χ2v) is 5.88. The van der Waals surface area contributed by atoms with Gasteiger partial charge in [0.25, 0.3) is 5.91 Å². The van der Waals surface area contributed by atoms with Crippen LogP contribution in [-0.4, -0.2) is 19.6 Å². The topological polar surface area (TPSA) is 90.4 Å². The molecule has 0 aliphatic heterocycles. The predicted molar refractivity (Wildman–Crippen MR) is 80.3 cm³/mol. The molecule has 102 valence electrons. The summed E-state index contributed by atoms with van der Waals surface area (Å²) in [5.41, 5.74) is 11.4. The largest absolute Gasteiger partial charge is 0.492 e. The van der Waals surface area contributed by atoms with E-state index in [-0.39, 0.29) is 0 Å². The Morgan fingerprint density at radius 3 is 2.89 bits per heavy atom. The van der Waals surface area contributed by atoms with E-state index in [1.165, 1.54) is 23.3 Å². The standard InChI is InChI=1S/C12H15N3O2S2/c1-17-9-8(13)10(11(14)16)19-12(9)15-5-4-7-3-2-6-18-7/h2-3,6,15H,4-5,13H2,1H3,(H2,14,16). The molecule has 0 saturated carbocycles. The summed E-state index contributed by atoms with van der Waals surface area (Å²) in [7, 11) is 1.52. The Hall–Kier alpha value is -1.73. The van der Waals surface area contributed by atoms with Crippen molar-refractivity contribution in [3.05, 3.63) is 27.3 Å². The van der Waals surface area contributed by atoms with Gasteiger partial charge in [0, 0.05) is 11.4 Å². The molecule has 1 amide bonds. The number of nitrogen functional groups attached to an aromatic ring is 1. The Bertz CT molecular complexity index is 564. The van der Waals surface area contributed by atoms with Crippen LogP contribution in [0.3, 0.4) is 0 Å². The van der Waals surface area contributed by atoms with Crippen LogP contribution in [0.2, 0.25) is 0 Å². The summed E-state index contributed by atoms with van der Waals surface area (Å²) in [6, 6.07) is 4.11. The maximum Gasteiger partial charge on any atom is 0.261 e. The van der Waals surface area contributed by atoms with Crippen LogP contribution in [0.5, 0.6) is 5.75 Å². The highest BCUT2D eigenvalue weighted by atomic mass is 32.1. The minimum atomic E-state index is -0.535. The van der Waals surface area contributed by atoms with E-state index >= 15 is 0 Å². The predicted octanol–water partition coefficient (Wildman–Crippen LogP) is 2.15. The number of nitrogens with two attached hydrogens (primary N) is 2. The Kier molecular flexibility index (Phi) is 4.28. The molecule has 0 aromatic carbocycles. The minimum absolute atomic E-state index is 0.304. The smallest absolute Gasteiger partial charge is 0.261 e. The van der Waals surface area contributed by atoms with E-state index in [9.17, 15) is 4.79 Å². The summed E-state index contributed by atoms with van der Waals surface area (Å²) in [6.45, 7) is 0.745. The molecule has 0 radical (unpaired) electrons. The van der Waals surface area contributed by atoms with Crippen molar-refractivity contribution in [3.63, 3.8) is 0 Å². The number of methoxy groups -OCH3 is 1. The molecule has 0 atom stereocenters. The molecule has 0 aliphatic rings. The van der Waals surface area contributed by atoms with Crippen LogP contribution in [-0.2, 0) is 6.42 Å². The van der Waals surface area contributed by atoms with E-state index in [1.54, 1.807) is 11.3 Å². The lowest BCUT2D eigenvalue weighted by molar-refractivity contribution is 0.100. The molecule has 0 unspecified atom stereocenters. The molecule has 0 fully saturated rings. The van der Waals surface area contributed by atoms with Crippen molar-refractivity contribution in [1.82, 2.24) is 0 Å². The van der Waals surface area contributed by atoms with Crippen molar-refractivity contribution < 1.29 is 9.53 Å². The van der Waals surface area contributed by atoms with Crippen LogP contribution < -0.4 is 21.5 Å². The minimum Gasteiger partial charge on any atom is -0.492 e. The van der Waals surface area contributed by atoms with Gasteiger partial charge in [0.2, 0.25) is 0 Å². The Morgan fingerprint density at radius 1 is 1.53 bits per heavy atom. The number of rotatable bonds is 6. The highest BCUT2D eigenvalue weighted by molar-refractivity contribution is 7.19. The molecule has 2 aromatic heterocycles. The molecule has 2 rings (SSSR count). The molecule has 7 heteroatoms. The quantitative estimate of drug-likeness (QED) is 0.762.